The van der Waals surface area contributed by atoms with Crippen LogP contribution in [0.15, 0.2) is 12.3 Å². The maximum Gasteiger partial charge on any atom is 0.341 e. The highest BCUT2D eigenvalue weighted by molar-refractivity contribution is 5.83. The molecular formula is C16H21NO6. The Morgan fingerprint density at radius 3 is 2.70 bits per heavy atom. The lowest BCUT2D eigenvalue weighted by molar-refractivity contribution is -0.207. The van der Waals surface area contributed by atoms with Gasteiger partial charge in [-0.25, -0.2) is 4.79 Å². The molecule has 2 aliphatic heterocycles. The van der Waals surface area contributed by atoms with Crippen molar-refractivity contribution in [2.24, 2.45) is 5.92 Å². The van der Waals surface area contributed by atoms with Crippen molar-refractivity contribution < 1.29 is 29.3 Å². The third-order valence-corrected chi connectivity index (χ3v) is 5.23. The number of ether oxygens (including phenoxy) is 2. The van der Waals surface area contributed by atoms with Gasteiger partial charge in [0.1, 0.15) is 18.3 Å². The molecule has 0 saturated heterocycles. The average Bonchev–Trinajstić information content (AvgIpc) is 3.06. The molecule has 1 aromatic rings. The van der Waals surface area contributed by atoms with Crippen LogP contribution in [0, 0.1) is 5.92 Å². The number of hydrogen-bond donors (Lipinski definition) is 2. The largest absolute Gasteiger partial charge is 0.459 e. The van der Waals surface area contributed by atoms with Crippen molar-refractivity contribution in [3.63, 3.8) is 0 Å². The predicted octanol–water partition coefficient (Wildman–Crippen LogP) is 0.671. The van der Waals surface area contributed by atoms with E-state index >= 15 is 0 Å². The Balaban J connectivity index is 2.04. The molecule has 3 heterocycles. The highest BCUT2D eigenvalue weighted by atomic mass is 16.6. The summed E-state index contributed by atoms with van der Waals surface area (Å²) in [6, 6.07) is 1.80. The van der Waals surface area contributed by atoms with Crippen LogP contribution < -0.4 is 0 Å². The van der Waals surface area contributed by atoms with Gasteiger partial charge in [-0.2, -0.15) is 0 Å². The molecule has 3 rings (SSSR count). The Kier molecular flexibility index (Phi) is 3.53. The molecule has 0 radical (unpaired) electrons. The number of carbonyl (C=O) groups excluding carboxylic acids is 2. The molecule has 0 aromatic carbocycles. The van der Waals surface area contributed by atoms with E-state index in [1.807, 2.05) is 10.8 Å². The second-order valence-electron chi connectivity index (χ2n) is 6.65. The van der Waals surface area contributed by atoms with E-state index in [-0.39, 0.29) is 6.61 Å². The van der Waals surface area contributed by atoms with E-state index < -0.39 is 35.2 Å². The Labute approximate surface area is 133 Å². The second-order valence-corrected chi connectivity index (χ2v) is 6.65. The van der Waals surface area contributed by atoms with Gasteiger partial charge in [0.25, 0.3) is 0 Å². The number of esters is 2. The molecule has 0 fully saturated rings. The Morgan fingerprint density at radius 2 is 2.00 bits per heavy atom. The van der Waals surface area contributed by atoms with Gasteiger partial charge in [0, 0.05) is 24.7 Å². The molecule has 2 N–H and O–H groups in total. The monoisotopic (exact) mass is 323 g/mol. The predicted molar refractivity (Wildman–Crippen MR) is 78.1 cm³/mol. The third-order valence-electron chi connectivity index (χ3n) is 5.23. The van der Waals surface area contributed by atoms with E-state index in [2.05, 4.69) is 0 Å². The average molecular weight is 323 g/mol. The van der Waals surface area contributed by atoms with Crippen molar-refractivity contribution in [2.75, 3.05) is 0 Å². The highest BCUT2D eigenvalue weighted by Crippen LogP contribution is 2.38. The summed E-state index contributed by atoms with van der Waals surface area (Å²) in [5, 5.41) is 21.1. The number of aliphatic hydroxyl groups is 2. The van der Waals surface area contributed by atoms with Crippen molar-refractivity contribution in [1.29, 1.82) is 0 Å². The first-order chi connectivity index (χ1) is 10.7. The summed E-state index contributed by atoms with van der Waals surface area (Å²) in [5.74, 6) is -2.73. The number of rotatable bonds is 0. The summed E-state index contributed by atoms with van der Waals surface area (Å²) in [5.41, 5.74) is -2.72. The normalized spacial score (nSPS) is 37.6. The van der Waals surface area contributed by atoms with Crippen LogP contribution in [0.1, 0.15) is 44.6 Å². The fourth-order valence-electron chi connectivity index (χ4n) is 3.13. The van der Waals surface area contributed by atoms with E-state index in [1.165, 1.54) is 13.8 Å². The number of aryl methyl sites for hydroxylation is 1. The van der Waals surface area contributed by atoms with E-state index in [0.29, 0.717) is 13.0 Å². The lowest BCUT2D eigenvalue weighted by Gasteiger charge is -2.39. The van der Waals surface area contributed by atoms with Crippen molar-refractivity contribution >= 4 is 11.9 Å². The van der Waals surface area contributed by atoms with Gasteiger partial charge in [-0.05, 0) is 26.8 Å². The number of carbonyl (C=O) groups is 2. The van der Waals surface area contributed by atoms with Gasteiger partial charge in [-0.1, -0.05) is 0 Å². The lowest BCUT2D eigenvalue weighted by Crippen LogP contribution is -2.61. The van der Waals surface area contributed by atoms with Crippen LogP contribution >= 0.6 is 0 Å². The number of cyclic esters (lactones) is 1. The molecule has 0 unspecified atom stereocenters. The van der Waals surface area contributed by atoms with E-state index in [4.69, 9.17) is 9.47 Å². The number of nitrogens with zero attached hydrogens (tertiary/aromatic N) is 1. The summed E-state index contributed by atoms with van der Waals surface area (Å²) < 4.78 is 12.7. The highest BCUT2D eigenvalue weighted by Gasteiger charge is 2.55. The summed E-state index contributed by atoms with van der Waals surface area (Å²) in [6.45, 7) is 4.48. The van der Waals surface area contributed by atoms with Crippen LogP contribution in [0.2, 0.25) is 0 Å². The zero-order valence-corrected chi connectivity index (χ0v) is 13.4. The third kappa shape index (κ3) is 2.26. The van der Waals surface area contributed by atoms with E-state index in [0.717, 1.165) is 18.2 Å². The summed E-state index contributed by atoms with van der Waals surface area (Å²) in [6.07, 6.45) is 2.05. The minimum Gasteiger partial charge on any atom is -0.459 e. The summed E-state index contributed by atoms with van der Waals surface area (Å²) >= 11 is 0. The zero-order chi connectivity index (χ0) is 17.0. The van der Waals surface area contributed by atoms with E-state index in [1.54, 1.807) is 6.07 Å². The minimum absolute atomic E-state index is 0.0458. The Morgan fingerprint density at radius 1 is 1.30 bits per heavy atom. The molecule has 4 atom stereocenters. The molecule has 0 saturated carbocycles. The van der Waals surface area contributed by atoms with Gasteiger partial charge < -0.3 is 24.3 Å². The van der Waals surface area contributed by atoms with Gasteiger partial charge in [0.2, 0.25) is 0 Å². The first-order valence-electron chi connectivity index (χ1n) is 7.66. The van der Waals surface area contributed by atoms with Crippen LogP contribution in [0.25, 0.3) is 0 Å². The number of hydrogen-bond acceptors (Lipinski definition) is 6. The quantitative estimate of drug-likeness (QED) is 0.681. The van der Waals surface area contributed by atoms with Crippen LogP contribution in [-0.4, -0.2) is 37.9 Å². The molecule has 0 amide bonds. The second kappa shape index (κ2) is 5.07. The lowest BCUT2D eigenvalue weighted by atomic mass is 9.76. The van der Waals surface area contributed by atoms with Gasteiger partial charge in [0.05, 0.1) is 11.6 Å². The number of aromatic nitrogens is 1. The van der Waals surface area contributed by atoms with Crippen molar-refractivity contribution in [2.45, 2.75) is 57.6 Å². The van der Waals surface area contributed by atoms with Gasteiger partial charge in [-0.15, -0.1) is 0 Å². The van der Waals surface area contributed by atoms with Crippen molar-refractivity contribution in [3.8, 4) is 0 Å². The smallest absolute Gasteiger partial charge is 0.341 e. The van der Waals surface area contributed by atoms with Crippen molar-refractivity contribution in [1.82, 2.24) is 4.57 Å². The van der Waals surface area contributed by atoms with Crippen LogP contribution in [0.3, 0.4) is 0 Å². The maximum absolute atomic E-state index is 12.4. The van der Waals surface area contributed by atoms with Crippen LogP contribution in [0.4, 0.5) is 0 Å². The maximum atomic E-state index is 12.4. The van der Waals surface area contributed by atoms with Gasteiger partial charge in [-0.3, -0.25) is 4.79 Å². The molecule has 7 nitrogen and oxygen atoms in total. The molecule has 7 heteroatoms. The summed E-state index contributed by atoms with van der Waals surface area (Å²) in [7, 11) is 0. The molecule has 2 aliphatic rings. The standard InChI is InChI=1S/C16H21NO6/c1-9-13(18)23-11-5-7-17-6-4-10(12(11)17)8-22-14(19)16(3,21)15(9,2)20/h4,6,9,11,20-21H,5,7-8H2,1-3H3/t9-,11-,15+,16+/m1/s1. The molecule has 1 aromatic heterocycles. The first-order valence-corrected chi connectivity index (χ1v) is 7.66. The first kappa shape index (κ1) is 16.0. The van der Waals surface area contributed by atoms with Gasteiger partial charge >= 0.3 is 11.9 Å². The van der Waals surface area contributed by atoms with E-state index in [9.17, 15) is 19.8 Å². The van der Waals surface area contributed by atoms with Crippen LogP contribution in [-0.2, 0) is 32.2 Å². The van der Waals surface area contributed by atoms with Gasteiger partial charge in [0.15, 0.2) is 5.60 Å². The molecule has 23 heavy (non-hydrogen) atoms. The summed E-state index contributed by atoms with van der Waals surface area (Å²) in [4.78, 5) is 24.7. The zero-order valence-electron chi connectivity index (χ0n) is 13.4. The Hall–Kier alpha value is -1.86. The van der Waals surface area contributed by atoms with Crippen LogP contribution in [0.5, 0.6) is 0 Å². The fourth-order valence-corrected chi connectivity index (χ4v) is 3.13. The fraction of sp³-hybridized carbons (Fsp3) is 0.625. The topological polar surface area (TPSA) is 98.0 Å². The SMILES string of the molecule is C[C@@H]1C(=O)O[C@@H]2CCn3ccc(c32)COC(=O)[C@](C)(O)[C@@]1(C)O. The molecule has 0 bridgehead atoms. The minimum atomic E-state index is -2.24. The molecule has 0 aliphatic carbocycles. The van der Waals surface area contributed by atoms with Crippen molar-refractivity contribution in [3.05, 3.63) is 23.5 Å². The molecule has 0 spiro atoms. The molecule has 126 valence electrons. The Bertz CT molecular complexity index is 660. The molecular weight excluding hydrogens is 302 g/mol.